The van der Waals surface area contributed by atoms with Gasteiger partial charge in [-0.2, -0.15) is 0 Å². The fraction of sp³-hybridized carbons (Fsp3) is 0.913. The van der Waals surface area contributed by atoms with Crippen molar-refractivity contribution in [2.75, 3.05) is 0 Å². The van der Waals surface area contributed by atoms with Crippen LogP contribution in [-0.4, -0.2) is 17.9 Å². The standard InChI is InChI=1S/C23H38N2O2/c1-4-5-11-23(20(24)27)14-9-17-15-6-7-18-21(2,12-10-19(26)25-18)16(15)8-13-22(17,23)3/h15-18H,4-14H2,1-3H3,(H2,24,27)(H,25,26)/t15-,16-,17+,18?,21-,22+,23?/m1/s1. The molecule has 4 nitrogen and oxygen atoms in total. The van der Waals surface area contributed by atoms with Gasteiger partial charge in [0.15, 0.2) is 0 Å². The molecule has 2 amide bonds. The highest BCUT2D eigenvalue weighted by Crippen LogP contribution is 2.70. The highest BCUT2D eigenvalue weighted by molar-refractivity contribution is 5.82. The van der Waals surface area contributed by atoms with Gasteiger partial charge in [-0.05, 0) is 80.0 Å². The zero-order chi connectivity index (χ0) is 19.4. The molecule has 7 atom stereocenters. The second-order valence-corrected chi connectivity index (χ2v) is 10.6. The van der Waals surface area contributed by atoms with Gasteiger partial charge < -0.3 is 11.1 Å². The zero-order valence-electron chi connectivity index (χ0n) is 17.5. The number of rotatable bonds is 4. The van der Waals surface area contributed by atoms with Gasteiger partial charge in [0.05, 0.1) is 5.41 Å². The normalized spacial score (nSPS) is 48.9. The summed E-state index contributed by atoms with van der Waals surface area (Å²) in [6, 6.07) is 0.353. The van der Waals surface area contributed by atoms with Crippen LogP contribution >= 0.6 is 0 Å². The monoisotopic (exact) mass is 374 g/mol. The van der Waals surface area contributed by atoms with Crippen LogP contribution in [0.15, 0.2) is 0 Å². The fourth-order valence-electron chi connectivity index (χ4n) is 8.25. The molecule has 4 heteroatoms. The summed E-state index contributed by atoms with van der Waals surface area (Å²) in [5.41, 5.74) is 6.10. The summed E-state index contributed by atoms with van der Waals surface area (Å²) in [5.74, 6) is 2.21. The maximum atomic E-state index is 12.8. The van der Waals surface area contributed by atoms with Gasteiger partial charge in [0.2, 0.25) is 11.8 Å². The van der Waals surface area contributed by atoms with Crippen molar-refractivity contribution in [2.45, 2.75) is 97.4 Å². The van der Waals surface area contributed by atoms with E-state index in [2.05, 4.69) is 26.1 Å². The molecule has 1 aliphatic heterocycles. The third-order valence-electron chi connectivity index (χ3n) is 9.89. The molecule has 0 aromatic carbocycles. The number of unbranched alkanes of at least 4 members (excludes halogenated alkanes) is 1. The van der Waals surface area contributed by atoms with Crippen molar-refractivity contribution in [2.24, 2.45) is 39.7 Å². The van der Waals surface area contributed by atoms with Gasteiger partial charge in [-0.3, -0.25) is 9.59 Å². The van der Waals surface area contributed by atoms with Crippen molar-refractivity contribution >= 4 is 11.8 Å². The fourth-order valence-corrected chi connectivity index (χ4v) is 8.25. The maximum absolute atomic E-state index is 12.8. The quantitative estimate of drug-likeness (QED) is 0.775. The molecule has 1 saturated heterocycles. The number of hydrogen-bond donors (Lipinski definition) is 2. The smallest absolute Gasteiger partial charge is 0.224 e. The van der Waals surface area contributed by atoms with Crippen molar-refractivity contribution in [1.82, 2.24) is 5.32 Å². The molecule has 4 aliphatic rings. The van der Waals surface area contributed by atoms with Crippen LogP contribution in [-0.2, 0) is 9.59 Å². The van der Waals surface area contributed by atoms with E-state index in [1.54, 1.807) is 0 Å². The Morgan fingerprint density at radius 1 is 1.11 bits per heavy atom. The first-order valence-corrected chi connectivity index (χ1v) is 11.4. The van der Waals surface area contributed by atoms with Crippen molar-refractivity contribution in [3.8, 4) is 0 Å². The Bertz CT molecular complexity index is 634. The van der Waals surface area contributed by atoms with E-state index >= 15 is 0 Å². The molecule has 0 aromatic heterocycles. The predicted molar refractivity (Wildman–Crippen MR) is 107 cm³/mol. The van der Waals surface area contributed by atoms with Crippen LogP contribution in [0, 0.1) is 34.0 Å². The highest BCUT2D eigenvalue weighted by Gasteiger charge is 2.66. The number of piperidine rings is 1. The highest BCUT2D eigenvalue weighted by atomic mass is 16.2. The molecule has 0 aromatic rings. The van der Waals surface area contributed by atoms with Crippen LogP contribution in [0.3, 0.4) is 0 Å². The molecule has 3 N–H and O–H groups in total. The minimum Gasteiger partial charge on any atom is -0.369 e. The lowest BCUT2D eigenvalue weighted by molar-refractivity contribution is -0.151. The van der Waals surface area contributed by atoms with Crippen LogP contribution in [0.2, 0.25) is 0 Å². The number of amides is 2. The van der Waals surface area contributed by atoms with E-state index in [-0.39, 0.29) is 28.1 Å². The first kappa shape index (κ1) is 19.3. The lowest BCUT2D eigenvalue weighted by atomic mass is 9.45. The van der Waals surface area contributed by atoms with E-state index in [0.717, 1.165) is 51.4 Å². The van der Waals surface area contributed by atoms with E-state index in [9.17, 15) is 9.59 Å². The largest absolute Gasteiger partial charge is 0.369 e. The minimum absolute atomic E-state index is 0.0378. The number of carbonyl (C=O) groups excluding carboxylic acids is 2. The molecule has 3 aliphatic carbocycles. The van der Waals surface area contributed by atoms with Gasteiger partial charge in [0.1, 0.15) is 0 Å². The van der Waals surface area contributed by atoms with E-state index in [1.165, 1.54) is 12.8 Å². The molecule has 4 rings (SSSR count). The average molecular weight is 375 g/mol. The summed E-state index contributed by atoms with van der Waals surface area (Å²) in [4.78, 5) is 24.7. The number of hydrogen-bond acceptors (Lipinski definition) is 2. The van der Waals surface area contributed by atoms with Crippen molar-refractivity contribution in [3.05, 3.63) is 0 Å². The van der Waals surface area contributed by atoms with Crippen LogP contribution < -0.4 is 11.1 Å². The molecule has 2 unspecified atom stereocenters. The van der Waals surface area contributed by atoms with E-state index in [1.807, 2.05) is 0 Å². The summed E-state index contributed by atoms with van der Waals surface area (Å²) in [6.45, 7) is 7.04. The molecule has 0 bridgehead atoms. The van der Waals surface area contributed by atoms with Gasteiger partial charge in [-0.1, -0.05) is 33.6 Å². The number of fused-ring (bicyclic) bond motifs is 5. The SMILES string of the molecule is CCCCC1(C(N)=O)CC[C@H]2[C@@H]3CCC4NC(=O)CC[C@]4(C)[C@@H]3CC[C@@]21C. The molecule has 0 spiro atoms. The van der Waals surface area contributed by atoms with Gasteiger partial charge in [-0.15, -0.1) is 0 Å². The summed E-state index contributed by atoms with van der Waals surface area (Å²) in [7, 11) is 0. The zero-order valence-corrected chi connectivity index (χ0v) is 17.5. The van der Waals surface area contributed by atoms with Crippen LogP contribution in [0.25, 0.3) is 0 Å². The topological polar surface area (TPSA) is 72.2 Å². The first-order valence-electron chi connectivity index (χ1n) is 11.4. The Morgan fingerprint density at radius 3 is 2.56 bits per heavy atom. The maximum Gasteiger partial charge on any atom is 0.224 e. The second-order valence-electron chi connectivity index (χ2n) is 10.6. The molecule has 0 radical (unpaired) electrons. The lowest BCUT2D eigenvalue weighted by Crippen LogP contribution is -2.62. The Hall–Kier alpha value is -1.06. The Kier molecular flexibility index (Phi) is 4.63. The third-order valence-corrected chi connectivity index (χ3v) is 9.89. The number of nitrogens with one attached hydrogen (secondary N) is 1. The summed E-state index contributed by atoms with van der Waals surface area (Å²) in [6.07, 6.45) is 11.7. The number of primary amides is 1. The summed E-state index contributed by atoms with van der Waals surface area (Å²) < 4.78 is 0. The van der Waals surface area contributed by atoms with Crippen molar-refractivity contribution in [1.29, 1.82) is 0 Å². The predicted octanol–water partition coefficient (Wildman–Crippen LogP) is 4.17. The Morgan fingerprint density at radius 2 is 1.85 bits per heavy atom. The molecule has 27 heavy (non-hydrogen) atoms. The van der Waals surface area contributed by atoms with Crippen LogP contribution in [0.1, 0.15) is 91.4 Å². The van der Waals surface area contributed by atoms with Crippen molar-refractivity contribution < 1.29 is 9.59 Å². The number of carbonyl (C=O) groups is 2. The molecule has 3 saturated carbocycles. The molecular weight excluding hydrogens is 336 g/mol. The molecular formula is C23H38N2O2. The number of nitrogens with two attached hydrogens (primary N) is 1. The molecule has 152 valence electrons. The summed E-state index contributed by atoms with van der Waals surface area (Å²) in [5, 5.41) is 3.31. The van der Waals surface area contributed by atoms with E-state index < -0.39 is 0 Å². The third kappa shape index (κ3) is 2.54. The first-order chi connectivity index (χ1) is 12.8. The van der Waals surface area contributed by atoms with E-state index in [4.69, 9.17) is 5.73 Å². The van der Waals surface area contributed by atoms with Crippen molar-refractivity contribution in [3.63, 3.8) is 0 Å². The van der Waals surface area contributed by atoms with Gasteiger partial charge >= 0.3 is 0 Å². The average Bonchev–Trinajstić information content (AvgIpc) is 2.94. The van der Waals surface area contributed by atoms with Gasteiger partial charge in [0, 0.05) is 12.5 Å². The van der Waals surface area contributed by atoms with Crippen LogP contribution in [0.4, 0.5) is 0 Å². The molecule has 4 fully saturated rings. The van der Waals surface area contributed by atoms with Crippen LogP contribution in [0.5, 0.6) is 0 Å². The van der Waals surface area contributed by atoms with Gasteiger partial charge in [-0.25, -0.2) is 0 Å². The minimum atomic E-state index is -0.294. The van der Waals surface area contributed by atoms with Gasteiger partial charge in [0.25, 0.3) is 0 Å². The second kappa shape index (κ2) is 6.49. The lowest BCUT2D eigenvalue weighted by Gasteiger charge is -2.61. The Labute approximate surface area is 164 Å². The Balaban J connectivity index is 1.64. The van der Waals surface area contributed by atoms with E-state index in [0.29, 0.717) is 30.2 Å². The summed E-state index contributed by atoms with van der Waals surface area (Å²) >= 11 is 0. The molecule has 1 heterocycles.